The molecule has 0 saturated carbocycles. The molecular weight excluding hydrogens is 357 g/mol. The molecule has 0 bridgehead atoms. The van der Waals surface area contributed by atoms with Crippen molar-refractivity contribution in [1.82, 2.24) is 19.8 Å². The quantitative estimate of drug-likeness (QED) is 0.578. The van der Waals surface area contributed by atoms with Crippen LogP contribution in [0.15, 0.2) is 52.6 Å². The number of H-pyrrole nitrogens is 1. The predicted octanol–water partition coefficient (Wildman–Crippen LogP) is 2.47. The number of aromatic amines is 1. The third kappa shape index (κ3) is 3.11. The molecule has 4 aromatic rings. The van der Waals surface area contributed by atoms with Crippen molar-refractivity contribution >= 4 is 28.4 Å². The summed E-state index contributed by atoms with van der Waals surface area (Å²) < 4.78 is 14.3. The lowest BCUT2D eigenvalue weighted by Gasteiger charge is -2.05. The molecule has 0 unspecified atom stereocenters. The molecule has 0 atom stereocenters. The number of hydrogen-bond donors (Lipinski definition) is 2. The molecule has 0 spiro atoms. The summed E-state index contributed by atoms with van der Waals surface area (Å²) in [4.78, 5) is 25.2. The van der Waals surface area contributed by atoms with E-state index >= 15 is 0 Å². The highest BCUT2D eigenvalue weighted by Gasteiger charge is 2.15. The highest BCUT2D eigenvalue weighted by molar-refractivity contribution is 7.13. The Balaban J connectivity index is 1.63. The number of nitrogens with one attached hydrogen (secondary N) is 2. The van der Waals surface area contributed by atoms with E-state index in [1.54, 1.807) is 6.07 Å². The molecule has 2 N–H and O–H groups in total. The maximum atomic E-state index is 12.9. The molecule has 130 valence electrons. The van der Waals surface area contributed by atoms with Crippen LogP contribution in [0.25, 0.3) is 16.1 Å². The van der Waals surface area contributed by atoms with Crippen LogP contribution in [-0.4, -0.2) is 25.7 Å². The SMILES string of the molecule is O=C(Cc1n[nH]c(=O)c2cc(-c3cccs3)nn12)Nc1ccc(F)cc1. The van der Waals surface area contributed by atoms with E-state index in [0.717, 1.165) is 4.88 Å². The van der Waals surface area contributed by atoms with Crippen molar-refractivity contribution in [3.63, 3.8) is 0 Å². The number of carbonyl (C=O) groups is 1. The zero-order chi connectivity index (χ0) is 18.1. The fraction of sp³-hybridized carbons (Fsp3) is 0.0588. The molecule has 3 heterocycles. The lowest BCUT2D eigenvalue weighted by molar-refractivity contribution is -0.115. The van der Waals surface area contributed by atoms with Crippen LogP contribution < -0.4 is 10.9 Å². The summed E-state index contributed by atoms with van der Waals surface area (Å²) in [5.74, 6) is -0.447. The average Bonchev–Trinajstić information content (AvgIpc) is 3.29. The monoisotopic (exact) mass is 369 g/mol. The smallest absolute Gasteiger partial charge is 0.290 e. The summed E-state index contributed by atoms with van der Waals surface area (Å²) in [6, 6.07) is 10.9. The van der Waals surface area contributed by atoms with Crippen molar-refractivity contribution in [1.29, 1.82) is 0 Å². The lowest BCUT2D eigenvalue weighted by Crippen LogP contribution is -2.22. The average molecular weight is 369 g/mol. The van der Waals surface area contributed by atoms with Crippen LogP contribution in [0.4, 0.5) is 10.1 Å². The Morgan fingerprint density at radius 3 is 2.81 bits per heavy atom. The number of hydrogen-bond acceptors (Lipinski definition) is 5. The van der Waals surface area contributed by atoms with Gasteiger partial charge in [-0.15, -0.1) is 11.3 Å². The zero-order valence-electron chi connectivity index (χ0n) is 13.3. The van der Waals surface area contributed by atoms with Crippen molar-refractivity contribution in [2.45, 2.75) is 6.42 Å². The van der Waals surface area contributed by atoms with Gasteiger partial charge in [-0.05, 0) is 41.8 Å². The first-order valence-corrected chi connectivity index (χ1v) is 8.55. The standard InChI is InChI=1S/C17H12FN5O2S/c18-10-3-5-11(6-4-10)19-16(24)9-15-20-21-17(25)13-8-12(22-23(13)15)14-2-1-7-26-14/h1-8H,9H2,(H,19,24)(H,21,25). The predicted molar refractivity (Wildman–Crippen MR) is 95.7 cm³/mol. The number of carbonyl (C=O) groups excluding carboxylic acids is 1. The van der Waals surface area contributed by atoms with E-state index in [1.807, 2.05) is 17.5 Å². The number of halogens is 1. The van der Waals surface area contributed by atoms with Crippen LogP contribution in [0, 0.1) is 5.82 Å². The number of amides is 1. The number of fused-ring (bicyclic) bond motifs is 1. The van der Waals surface area contributed by atoms with Gasteiger partial charge in [0.05, 0.1) is 11.3 Å². The number of nitrogens with zero attached hydrogens (tertiary/aromatic N) is 3. The fourth-order valence-corrected chi connectivity index (χ4v) is 3.18. The first-order chi connectivity index (χ1) is 12.6. The van der Waals surface area contributed by atoms with Gasteiger partial charge in [-0.1, -0.05) is 6.07 Å². The first-order valence-electron chi connectivity index (χ1n) is 7.67. The van der Waals surface area contributed by atoms with Gasteiger partial charge in [0.2, 0.25) is 5.91 Å². The summed E-state index contributed by atoms with van der Waals surface area (Å²) in [5.41, 5.74) is 1.03. The topological polar surface area (TPSA) is 92.2 Å². The van der Waals surface area contributed by atoms with Gasteiger partial charge >= 0.3 is 0 Å². The van der Waals surface area contributed by atoms with Crippen LogP contribution in [0.1, 0.15) is 5.82 Å². The second-order valence-electron chi connectivity index (χ2n) is 5.50. The first kappa shape index (κ1) is 16.2. The van der Waals surface area contributed by atoms with E-state index < -0.39 is 0 Å². The van der Waals surface area contributed by atoms with Gasteiger partial charge in [0.1, 0.15) is 17.0 Å². The Kier molecular flexibility index (Phi) is 4.05. The van der Waals surface area contributed by atoms with Crippen molar-refractivity contribution in [3.05, 3.63) is 69.8 Å². The Labute approximate surface area is 150 Å². The fourth-order valence-electron chi connectivity index (χ4n) is 2.50. The van der Waals surface area contributed by atoms with Crippen molar-refractivity contribution in [2.75, 3.05) is 5.32 Å². The van der Waals surface area contributed by atoms with Crippen molar-refractivity contribution in [2.24, 2.45) is 0 Å². The molecule has 0 aliphatic heterocycles. The van der Waals surface area contributed by atoms with E-state index in [2.05, 4.69) is 20.6 Å². The highest BCUT2D eigenvalue weighted by atomic mass is 32.1. The molecule has 0 fully saturated rings. The molecule has 9 heteroatoms. The lowest BCUT2D eigenvalue weighted by atomic mass is 10.3. The van der Waals surface area contributed by atoms with Crippen LogP contribution in [-0.2, 0) is 11.2 Å². The van der Waals surface area contributed by atoms with Crippen molar-refractivity contribution in [3.8, 4) is 10.6 Å². The zero-order valence-corrected chi connectivity index (χ0v) is 14.1. The van der Waals surface area contributed by atoms with Crippen LogP contribution in [0.2, 0.25) is 0 Å². The molecule has 4 rings (SSSR count). The van der Waals surface area contributed by atoms with Gasteiger partial charge in [-0.2, -0.15) is 10.2 Å². The van der Waals surface area contributed by atoms with Crippen LogP contribution >= 0.6 is 11.3 Å². The summed E-state index contributed by atoms with van der Waals surface area (Å²) in [5, 5.41) is 15.3. The maximum Gasteiger partial charge on any atom is 0.290 e. The highest BCUT2D eigenvalue weighted by Crippen LogP contribution is 2.23. The van der Waals surface area contributed by atoms with Gasteiger partial charge in [0, 0.05) is 5.69 Å². The molecule has 0 saturated heterocycles. The Morgan fingerprint density at radius 2 is 2.08 bits per heavy atom. The number of thiophene rings is 1. The summed E-state index contributed by atoms with van der Waals surface area (Å²) >= 11 is 1.50. The maximum absolute atomic E-state index is 12.9. The number of anilines is 1. The molecule has 1 amide bonds. The third-order valence-corrected chi connectivity index (χ3v) is 4.59. The minimum atomic E-state index is -0.386. The summed E-state index contributed by atoms with van der Waals surface area (Å²) in [6.45, 7) is 0. The normalized spacial score (nSPS) is 11.0. The minimum Gasteiger partial charge on any atom is -0.326 e. The second kappa shape index (κ2) is 6.52. The van der Waals surface area contributed by atoms with Gasteiger partial charge in [-0.3, -0.25) is 9.59 Å². The Hall–Kier alpha value is -3.33. The van der Waals surface area contributed by atoms with E-state index in [0.29, 0.717) is 22.7 Å². The minimum absolute atomic E-state index is 0.101. The number of aromatic nitrogens is 4. The molecule has 26 heavy (non-hydrogen) atoms. The van der Waals surface area contributed by atoms with Gasteiger partial charge in [-0.25, -0.2) is 14.0 Å². The Morgan fingerprint density at radius 1 is 1.27 bits per heavy atom. The molecule has 3 aromatic heterocycles. The van der Waals surface area contributed by atoms with Crippen molar-refractivity contribution < 1.29 is 9.18 Å². The summed E-state index contributed by atoms with van der Waals surface area (Å²) in [6.07, 6.45) is -0.101. The van der Waals surface area contributed by atoms with E-state index in [4.69, 9.17) is 0 Å². The molecule has 0 radical (unpaired) electrons. The third-order valence-electron chi connectivity index (χ3n) is 3.69. The summed E-state index contributed by atoms with van der Waals surface area (Å²) in [7, 11) is 0. The second-order valence-corrected chi connectivity index (χ2v) is 6.45. The van der Waals surface area contributed by atoms with Crippen LogP contribution in [0.3, 0.4) is 0 Å². The molecule has 1 aromatic carbocycles. The molecule has 7 nitrogen and oxygen atoms in total. The molecular formula is C17H12FN5O2S. The Bertz CT molecular complexity index is 1130. The van der Waals surface area contributed by atoms with Gasteiger partial charge < -0.3 is 5.32 Å². The van der Waals surface area contributed by atoms with Gasteiger partial charge in [0.25, 0.3) is 5.56 Å². The molecule has 0 aliphatic carbocycles. The van der Waals surface area contributed by atoms with E-state index in [9.17, 15) is 14.0 Å². The van der Waals surface area contributed by atoms with Crippen LogP contribution in [0.5, 0.6) is 0 Å². The largest absolute Gasteiger partial charge is 0.326 e. The molecule has 0 aliphatic rings. The number of benzene rings is 1. The van der Waals surface area contributed by atoms with E-state index in [-0.39, 0.29) is 23.7 Å². The number of rotatable bonds is 4. The van der Waals surface area contributed by atoms with E-state index in [1.165, 1.54) is 40.1 Å². The van der Waals surface area contributed by atoms with Gasteiger partial charge in [0.15, 0.2) is 5.82 Å².